The summed E-state index contributed by atoms with van der Waals surface area (Å²) >= 11 is 0. The van der Waals surface area contributed by atoms with Crippen LogP contribution in [0.1, 0.15) is 19.3 Å². The number of hydrogen-bond donors (Lipinski definition) is 1. The summed E-state index contributed by atoms with van der Waals surface area (Å²) in [7, 11) is 0. The first-order valence-electron chi connectivity index (χ1n) is 8.74. The van der Waals surface area contributed by atoms with E-state index in [1.165, 1.54) is 4.90 Å². The lowest BCUT2D eigenvalue weighted by Gasteiger charge is -2.14. The van der Waals surface area contributed by atoms with Gasteiger partial charge >= 0.3 is 0 Å². The maximum Gasteiger partial charge on any atom is 0.233 e. The average Bonchev–Trinajstić information content (AvgIpc) is 2.90. The molecule has 6 heteroatoms. The molecule has 0 saturated carbocycles. The minimum absolute atomic E-state index is 0.0824. The van der Waals surface area contributed by atoms with Crippen LogP contribution >= 0.6 is 0 Å². The largest absolute Gasteiger partial charge is 0.490 e. The van der Waals surface area contributed by atoms with Gasteiger partial charge in [-0.3, -0.25) is 19.3 Å². The molecule has 2 aliphatic rings. The summed E-state index contributed by atoms with van der Waals surface area (Å²) in [6.45, 7) is 4.12. The number of hydrogen-bond acceptors (Lipinski definition) is 4. The Morgan fingerprint density at radius 3 is 2.35 bits per heavy atom. The van der Waals surface area contributed by atoms with Gasteiger partial charge in [-0.15, -0.1) is 0 Å². The normalized spacial score (nSPS) is 21.5. The van der Waals surface area contributed by atoms with E-state index in [2.05, 4.69) is 11.9 Å². The Kier molecular flexibility index (Phi) is 5.51. The fourth-order valence-corrected chi connectivity index (χ4v) is 3.32. The zero-order valence-corrected chi connectivity index (χ0v) is 14.5. The molecule has 1 aromatic carbocycles. The number of nitrogens with one attached hydrogen (secondary N) is 1. The molecule has 0 aromatic heterocycles. The fraction of sp³-hybridized carbons (Fsp3) is 0.350. The van der Waals surface area contributed by atoms with Crippen LogP contribution in [0.15, 0.2) is 49.1 Å². The lowest BCUT2D eigenvalue weighted by Crippen LogP contribution is -2.34. The third-order valence-electron chi connectivity index (χ3n) is 4.67. The van der Waals surface area contributed by atoms with Gasteiger partial charge < -0.3 is 10.1 Å². The van der Waals surface area contributed by atoms with Gasteiger partial charge in [0.25, 0.3) is 0 Å². The molecule has 1 heterocycles. The number of nitrogens with zero attached hydrogens (tertiary/aromatic N) is 1. The summed E-state index contributed by atoms with van der Waals surface area (Å²) in [6, 6.07) is 6.99. The smallest absolute Gasteiger partial charge is 0.233 e. The van der Waals surface area contributed by atoms with Gasteiger partial charge in [-0.1, -0.05) is 24.8 Å². The lowest BCUT2D eigenvalue weighted by molar-refractivity contribution is -0.140. The van der Waals surface area contributed by atoms with Crippen LogP contribution < -0.4 is 10.1 Å². The van der Waals surface area contributed by atoms with Crippen molar-refractivity contribution in [1.29, 1.82) is 0 Å². The predicted octanol–water partition coefficient (Wildman–Crippen LogP) is 2.53. The Morgan fingerprint density at radius 2 is 1.77 bits per heavy atom. The summed E-state index contributed by atoms with van der Waals surface area (Å²) in [5.74, 6) is -0.357. The highest BCUT2D eigenvalue weighted by molar-refractivity contribution is 6.05. The van der Waals surface area contributed by atoms with Gasteiger partial charge in [-0.05, 0) is 37.1 Å². The van der Waals surface area contributed by atoms with Gasteiger partial charge in [0.2, 0.25) is 17.7 Å². The maximum absolute atomic E-state index is 12.4. The van der Waals surface area contributed by atoms with Crippen LogP contribution in [-0.4, -0.2) is 35.8 Å². The van der Waals surface area contributed by atoms with Crippen LogP contribution in [-0.2, 0) is 14.4 Å². The van der Waals surface area contributed by atoms with Crippen LogP contribution in [0.2, 0.25) is 0 Å². The van der Waals surface area contributed by atoms with Crippen LogP contribution in [0.3, 0.4) is 0 Å². The molecule has 6 nitrogen and oxygen atoms in total. The summed E-state index contributed by atoms with van der Waals surface area (Å²) in [5, 5.41) is 2.77. The van der Waals surface area contributed by atoms with E-state index < -0.39 is 0 Å². The van der Waals surface area contributed by atoms with E-state index in [9.17, 15) is 14.4 Å². The van der Waals surface area contributed by atoms with E-state index in [4.69, 9.17) is 4.74 Å². The minimum atomic E-state index is -0.251. The molecule has 1 fully saturated rings. The first-order valence-corrected chi connectivity index (χ1v) is 8.74. The van der Waals surface area contributed by atoms with Crippen molar-refractivity contribution >= 4 is 23.4 Å². The highest BCUT2D eigenvalue weighted by Crippen LogP contribution is 2.35. The van der Waals surface area contributed by atoms with Gasteiger partial charge in [0.05, 0.1) is 11.8 Å². The van der Waals surface area contributed by atoms with Gasteiger partial charge in [0.15, 0.2) is 0 Å². The van der Waals surface area contributed by atoms with Gasteiger partial charge in [-0.25, -0.2) is 0 Å². The predicted molar refractivity (Wildman–Crippen MR) is 97.5 cm³/mol. The zero-order valence-electron chi connectivity index (χ0n) is 14.5. The molecule has 3 amide bonds. The molecule has 2 atom stereocenters. The molecule has 26 heavy (non-hydrogen) atoms. The van der Waals surface area contributed by atoms with Gasteiger partial charge in [0.1, 0.15) is 12.4 Å². The number of fused-ring (bicyclic) bond motifs is 1. The molecular weight excluding hydrogens is 332 g/mol. The Morgan fingerprint density at radius 1 is 1.15 bits per heavy atom. The van der Waals surface area contributed by atoms with Crippen LogP contribution in [0.5, 0.6) is 5.75 Å². The van der Waals surface area contributed by atoms with Crippen molar-refractivity contribution < 1.29 is 19.1 Å². The number of rotatable bonds is 7. The third-order valence-corrected chi connectivity index (χ3v) is 4.67. The molecule has 1 aliphatic heterocycles. The molecule has 1 saturated heterocycles. The summed E-state index contributed by atoms with van der Waals surface area (Å²) < 4.78 is 5.38. The summed E-state index contributed by atoms with van der Waals surface area (Å²) in [6.07, 6.45) is 6.86. The average molecular weight is 354 g/mol. The number of carbonyl (C=O) groups is 3. The molecule has 0 radical (unpaired) electrons. The van der Waals surface area contributed by atoms with Crippen molar-refractivity contribution in [3.05, 3.63) is 49.1 Å². The Hall–Kier alpha value is -2.89. The van der Waals surface area contributed by atoms with Crippen LogP contribution in [0.4, 0.5) is 5.69 Å². The number of ether oxygens (including phenoxy) is 1. The molecular formula is C20H22N2O4. The standard InChI is InChI=1S/C20H22N2O4/c1-2-13-26-15-9-7-14(8-10-15)21-18(23)11-12-22-19(24)16-5-3-4-6-17(16)20(22)25/h2-4,7-10,16-17H,1,5-6,11-13H2,(H,21,23)/t16-,17+. The number of anilines is 1. The summed E-state index contributed by atoms with van der Waals surface area (Å²) in [4.78, 5) is 38.1. The highest BCUT2D eigenvalue weighted by Gasteiger charge is 2.46. The van der Waals surface area contributed by atoms with E-state index in [1.54, 1.807) is 30.3 Å². The van der Waals surface area contributed by atoms with Crippen LogP contribution in [0.25, 0.3) is 0 Å². The lowest BCUT2D eigenvalue weighted by atomic mass is 9.85. The van der Waals surface area contributed by atoms with Crippen molar-refractivity contribution in [2.75, 3.05) is 18.5 Å². The number of carbonyl (C=O) groups excluding carboxylic acids is 3. The number of likely N-dealkylation sites (tertiary alicyclic amines) is 1. The number of amides is 3. The fourth-order valence-electron chi connectivity index (χ4n) is 3.32. The second kappa shape index (κ2) is 7.99. The number of benzene rings is 1. The van der Waals surface area contributed by atoms with Crippen molar-refractivity contribution in [3.8, 4) is 5.75 Å². The summed E-state index contributed by atoms with van der Waals surface area (Å²) in [5.41, 5.74) is 0.637. The Bertz CT molecular complexity index is 713. The number of allylic oxidation sites excluding steroid dienone is 2. The van der Waals surface area contributed by atoms with Crippen LogP contribution in [0, 0.1) is 11.8 Å². The topological polar surface area (TPSA) is 75.7 Å². The highest BCUT2D eigenvalue weighted by atomic mass is 16.5. The zero-order chi connectivity index (χ0) is 18.5. The molecule has 0 spiro atoms. The molecule has 1 aromatic rings. The van der Waals surface area contributed by atoms with Crippen molar-refractivity contribution in [2.45, 2.75) is 19.3 Å². The molecule has 1 N–H and O–H groups in total. The van der Waals surface area contributed by atoms with E-state index in [0.29, 0.717) is 30.9 Å². The first-order chi connectivity index (χ1) is 12.6. The molecule has 0 bridgehead atoms. The van der Waals surface area contributed by atoms with Crippen molar-refractivity contribution in [2.24, 2.45) is 11.8 Å². The molecule has 1 aliphatic carbocycles. The van der Waals surface area contributed by atoms with E-state index in [-0.39, 0.29) is 42.5 Å². The molecule has 3 rings (SSSR count). The third kappa shape index (κ3) is 3.85. The Labute approximate surface area is 152 Å². The maximum atomic E-state index is 12.4. The Balaban J connectivity index is 1.50. The van der Waals surface area contributed by atoms with E-state index >= 15 is 0 Å². The second-order valence-electron chi connectivity index (χ2n) is 6.41. The minimum Gasteiger partial charge on any atom is -0.490 e. The van der Waals surface area contributed by atoms with Gasteiger partial charge in [-0.2, -0.15) is 0 Å². The monoisotopic (exact) mass is 354 g/mol. The quantitative estimate of drug-likeness (QED) is 0.603. The van der Waals surface area contributed by atoms with Gasteiger partial charge in [0, 0.05) is 18.7 Å². The SMILES string of the molecule is C=CCOc1ccc(NC(=O)CCN2C(=O)[C@H]3CC=CC[C@H]3C2=O)cc1. The van der Waals surface area contributed by atoms with E-state index in [1.807, 2.05) is 12.2 Å². The number of imide groups is 1. The van der Waals surface area contributed by atoms with Crippen molar-refractivity contribution in [1.82, 2.24) is 4.90 Å². The van der Waals surface area contributed by atoms with Crippen molar-refractivity contribution in [3.63, 3.8) is 0 Å². The second-order valence-corrected chi connectivity index (χ2v) is 6.41. The first kappa shape index (κ1) is 17.9. The molecule has 136 valence electrons. The molecule has 0 unspecified atom stereocenters. The van der Waals surface area contributed by atoms with E-state index in [0.717, 1.165) is 0 Å².